The van der Waals surface area contributed by atoms with Crippen LogP contribution in [0.2, 0.25) is 0 Å². The van der Waals surface area contributed by atoms with E-state index in [0.29, 0.717) is 11.8 Å². The molecule has 1 aromatic carbocycles. The molecule has 1 fully saturated rings. The number of carbonyl (C=O) groups excluding carboxylic acids is 1. The summed E-state index contributed by atoms with van der Waals surface area (Å²) in [6.07, 6.45) is 8.50. The maximum atomic E-state index is 12.5. The third-order valence-electron chi connectivity index (χ3n) is 5.30. The number of amides is 1. The van der Waals surface area contributed by atoms with Crippen LogP contribution in [0.4, 0.5) is 5.69 Å². The van der Waals surface area contributed by atoms with Crippen LogP contribution < -0.4 is 5.32 Å². The summed E-state index contributed by atoms with van der Waals surface area (Å²) in [5.74, 6) is 1.72. The predicted octanol–water partition coefficient (Wildman–Crippen LogP) is 5.34. The van der Waals surface area contributed by atoms with Gasteiger partial charge >= 0.3 is 0 Å². The number of nitrogens with zero attached hydrogens (tertiary/aromatic N) is 3. The molecule has 2 aromatic heterocycles. The molecule has 0 saturated heterocycles. The summed E-state index contributed by atoms with van der Waals surface area (Å²) in [7, 11) is 0. The largest absolute Gasteiger partial charge is 0.461 e. The Morgan fingerprint density at radius 2 is 2.07 bits per heavy atom. The van der Waals surface area contributed by atoms with Gasteiger partial charge in [0.25, 0.3) is 0 Å². The van der Waals surface area contributed by atoms with Crippen molar-refractivity contribution < 1.29 is 9.21 Å². The molecule has 0 atom stereocenters. The van der Waals surface area contributed by atoms with Gasteiger partial charge in [0, 0.05) is 11.7 Å². The molecule has 0 bridgehead atoms. The molecule has 1 amide bonds. The van der Waals surface area contributed by atoms with Crippen LogP contribution in [0, 0.1) is 0 Å². The summed E-state index contributed by atoms with van der Waals surface area (Å²) in [4.78, 5) is 12.5. The van der Waals surface area contributed by atoms with E-state index in [1.54, 1.807) is 6.26 Å². The zero-order valence-corrected chi connectivity index (χ0v) is 17.5. The summed E-state index contributed by atoms with van der Waals surface area (Å²) in [6, 6.07) is 12.1. The highest BCUT2D eigenvalue weighted by molar-refractivity contribution is 7.99. The van der Waals surface area contributed by atoms with Gasteiger partial charge in [-0.3, -0.25) is 9.36 Å². The lowest BCUT2D eigenvalue weighted by Gasteiger charge is -2.25. The number of hydrogen-bond acceptors (Lipinski definition) is 5. The van der Waals surface area contributed by atoms with Gasteiger partial charge in [-0.15, -0.1) is 10.2 Å². The van der Waals surface area contributed by atoms with Gasteiger partial charge in [-0.1, -0.05) is 50.1 Å². The van der Waals surface area contributed by atoms with Crippen LogP contribution in [0.15, 0.2) is 52.2 Å². The van der Waals surface area contributed by atoms with E-state index in [2.05, 4.69) is 33.1 Å². The molecule has 1 aliphatic rings. The molecule has 3 aromatic rings. The Kier molecular flexibility index (Phi) is 6.34. The number of thioether (sulfide) groups is 1. The van der Waals surface area contributed by atoms with Gasteiger partial charge in [0.2, 0.25) is 11.7 Å². The monoisotopic (exact) mass is 410 g/mol. The van der Waals surface area contributed by atoms with Crippen molar-refractivity contribution in [2.24, 2.45) is 0 Å². The van der Waals surface area contributed by atoms with E-state index in [1.165, 1.54) is 36.6 Å². The third kappa shape index (κ3) is 4.72. The number of aryl methyl sites for hydroxylation is 1. The van der Waals surface area contributed by atoms with Crippen molar-refractivity contribution in [2.75, 3.05) is 11.1 Å². The fraction of sp³-hybridized carbons (Fsp3) is 0.409. The highest BCUT2D eigenvalue weighted by atomic mass is 32.2. The summed E-state index contributed by atoms with van der Waals surface area (Å²) >= 11 is 1.43. The molecular formula is C22H26N4O2S. The Labute approximate surface area is 175 Å². The van der Waals surface area contributed by atoms with E-state index in [0.717, 1.165) is 41.7 Å². The van der Waals surface area contributed by atoms with E-state index < -0.39 is 0 Å². The molecule has 7 heteroatoms. The number of aromatic nitrogens is 3. The minimum Gasteiger partial charge on any atom is -0.461 e. The van der Waals surface area contributed by atoms with Crippen LogP contribution in [0.1, 0.15) is 50.6 Å². The van der Waals surface area contributed by atoms with Crippen molar-refractivity contribution in [1.82, 2.24) is 14.8 Å². The topological polar surface area (TPSA) is 73.0 Å². The van der Waals surface area contributed by atoms with Crippen molar-refractivity contribution in [3.63, 3.8) is 0 Å². The molecule has 6 nitrogen and oxygen atoms in total. The Morgan fingerprint density at radius 3 is 2.83 bits per heavy atom. The van der Waals surface area contributed by atoms with Crippen molar-refractivity contribution in [2.45, 2.75) is 56.6 Å². The maximum absolute atomic E-state index is 12.5. The molecule has 1 aliphatic carbocycles. The average Bonchev–Trinajstić information content (AvgIpc) is 3.42. The SMILES string of the molecule is CCc1cccc(NC(=O)CSc2nnc(-c3ccco3)n2C2CCCCC2)c1. The highest BCUT2D eigenvalue weighted by Gasteiger charge is 2.25. The first-order chi connectivity index (χ1) is 14.2. The standard InChI is InChI=1S/C22H26N4O2S/c1-2-16-8-6-9-17(14-16)23-20(27)15-29-22-25-24-21(19-12-7-13-28-19)26(22)18-10-4-3-5-11-18/h6-9,12-14,18H,2-5,10-11,15H2,1H3,(H,23,27). The maximum Gasteiger partial charge on any atom is 0.234 e. The number of nitrogens with one attached hydrogen (secondary N) is 1. The zero-order chi connectivity index (χ0) is 20.1. The van der Waals surface area contributed by atoms with E-state index in [9.17, 15) is 4.79 Å². The van der Waals surface area contributed by atoms with Gasteiger partial charge in [0.05, 0.1) is 12.0 Å². The first kappa shape index (κ1) is 19.8. The van der Waals surface area contributed by atoms with E-state index in [1.807, 2.05) is 30.3 Å². The van der Waals surface area contributed by atoms with Gasteiger partial charge in [-0.25, -0.2) is 0 Å². The third-order valence-corrected chi connectivity index (χ3v) is 6.24. The summed E-state index contributed by atoms with van der Waals surface area (Å²) < 4.78 is 7.75. The fourth-order valence-electron chi connectivity index (χ4n) is 3.81. The van der Waals surface area contributed by atoms with Crippen LogP contribution in [-0.2, 0) is 11.2 Å². The fourth-order valence-corrected chi connectivity index (χ4v) is 4.62. The lowest BCUT2D eigenvalue weighted by molar-refractivity contribution is -0.113. The number of carbonyl (C=O) groups is 1. The number of furan rings is 1. The quantitative estimate of drug-likeness (QED) is 0.533. The molecular weight excluding hydrogens is 384 g/mol. The predicted molar refractivity (Wildman–Crippen MR) is 115 cm³/mol. The van der Waals surface area contributed by atoms with E-state index >= 15 is 0 Å². The van der Waals surface area contributed by atoms with Crippen LogP contribution >= 0.6 is 11.8 Å². The second kappa shape index (κ2) is 9.31. The Balaban J connectivity index is 1.48. The summed E-state index contributed by atoms with van der Waals surface area (Å²) in [5.41, 5.74) is 2.04. The summed E-state index contributed by atoms with van der Waals surface area (Å²) in [5, 5.41) is 12.5. The van der Waals surface area contributed by atoms with Crippen LogP contribution in [0.25, 0.3) is 11.6 Å². The van der Waals surface area contributed by atoms with Crippen molar-refractivity contribution in [3.8, 4) is 11.6 Å². The first-order valence-electron chi connectivity index (χ1n) is 10.2. The summed E-state index contributed by atoms with van der Waals surface area (Å²) in [6.45, 7) is 2.10. The second-order valence-corrected chi connectivity index (χ2v) is 8.28. The average molecular weight is 411 g/mol. The molecule has 1 saturated carbocycles. The number of benzene rings is 1. The lowest BCUT2D eigenvalue weighted by Crippen LogP contribution is -2.17. The highest BCUT2D eigenvalue weighted by Crippen LogP contribution is 2.35. The van der Waals surface area contributed by atoms with Crippen molar-refractivity contribution >= 4 is 23.4 Å². The molecule has 0 unspecified atom stereocenters. The van der Waals surface area contributed by atoms with Crippen molar-refractivity contribution in [1.29, 1.82) is 0 Å². The second-order valence-electron chi connectivity index (χ2n) is 7.34. The normalized spacial score (nSPS) is 14.8. The van der Waals surface area contributed by atoms with Gasteiger partial charge < -0.3 is 9.73 Å². The lowest BCUT2D eigenvalue weighted by atomic mass is 9.95. The Morgan fingerprint density at radius 1 is 1.21 bits per heavy atom. The van der Waals surface area contributed by atoms with Gasteiger partial charge in [-0.05, 0) is 49.1 Å². The van der Waals surface area contributed by atoms with Crippen LogP contribution in [0.3, 0.4) is 0 Å². The number of anilines is 1. The van der Waals surface area contributed by atoms with Crippen LogP contribution in [0.5, 0.6) is 0 Å². The molecule has 1 N–H and O–H groups in total. The Hall–Kier alpha value is -2.54. The van der Waals surface area contributed by atoms with Gasteiger partial charge in [0.1, 0.15) is 0 Å². The zero-order valence-electron chi connectivity index (χ0n) is 16.6. The van der Waals surface area contributed by atoms with Crippen molar-refractivity contribution in [3.05, 3.63) is 48.2 Å². The first-order valence-corrected chi connectivity index (χ1v) is 11.2. The molecule has 29 heavy (non-hydrogen) atoms. The minimum atomic E-state index is -0.0407. The smallest absolute Gasteiger partial charge is 0.234 e. The molecule has 0 aliphatic heterocycles. The molecule has 0 radical (unpaired) electrons. The van der Waals surface area contributed by atoms with Gasteiger partial charge in [-0.2, -0.15) is 0 Å². The molecule has 2 heterocycles. The molecule has 4 rings (SSSR count). The number of hydrogen-bond donors (Lipinski definition) is 1. The van der Waals surface area contributed by atoms with E-state index in [-0.39, 0.29) is 5.91 Å². The van der Waals surface area contributed by atoms with Gasteiger partial charge in [0.15, 0.2) is 10.9 Å². The number of rotatable bonds is 7. The minimum absolute atomic E-state index is 0.0407. The Bertz CT molecular complexity index is 946. The van der Waals surface area contributed by atoms with Crippen LogP contribution in [-0.4, -0.2) is 26.4 Å². The molecule has 0 spiro atoms. The molecule has 152 valence electrons. The van der Waals surface area contributed by atoms with E-state index in [4.69, 9.17) is 4.42 Å².